The van der Waals surface area contributed by atoms with Gasteiger partial charge in [0.05, 0.1) is 6.10 Å². The van der Waals surface area contributed by atoms with Crippen LogP contribution in [0.5, 0.6) is 0 Å². The van der Waals surface area contributed by atoms with Gasteiger partial charge in [-0.05, 0) is 115 Å². The Hall–Kier alpha value is -1.80. The smallest absolute Gasteiger partial charge is 0.156 e. The molecule has 5 unspecified atom stereocenters. The molecular formula is C34H45NO2S. The van der Waals surface area contributed by atoms with Crippen molar-refractivity contribution in [1.82, 2.24) is 4.31 Å². The van der Waals surface area contributed by atoms with Gasteiger partial charge in [0.2, 0.25) is 0 Å². The molecule has 1 saturated heterocycles. The standard InChI is InChI=1S/C29H37NO2S.C5H8/c1-29-18-25(19-5-9-22(10-6-19)33-30-15-3-2-4-16-30)28-23-12-8-21(31)17-20(23)7-11-24(28)26(29)13-14-27(29)32;1-4-5(2)3/h5-6,9-10,17,24-27,32H,2-4,7-8,11-16,18H2,1H3;1,5H,2-3H3. The maximum atomic E-state index is 12.2. The quantitative estimate of drug-likeness (QED) is 0.320. The van der Waals surface area contributed by atoms with Crippen LogP contribution in [0.2, 0.25) is 0 Å². The summed E-state index contributed by atoms with van der Waals surface area (Å²) in [7, 11) is 0. The molecule has 204 valence electrons. The topological polar surface area (TPSA) is 40.5 Å². The average molecular weight is 532 g/mol. The Balaban J connectivity index is 0.000000540. The minimum Gasteiger partial charge on any atom is -0.393 e. The molecule has 4 heteroatoms. The van der Waals surface area contributed by atoms with Gasteiger partial charge < -0.3 is 5.11 Å². The molecule has 1 aromatic rings. The molecule has 0 spiro atoms. The molecule has 6 rings (SSSR count). The van der Waals surface area contributed by atoms with Crippen molar-refractivity contribution in [3.8, 4) is 12.3 Å². The minimum atomic E-state index is -0.185. The van der Waals surface area contributed by atoms with Gasteiger partial charge in [-0.1, -0.05) is 44.9 Å². The Labute approximate surface area is 234 Å². The first-order valence-electron chi connectivity index (χ1n) is 14.9. The highest BCUT2D eigenvalue weighted by Gasteiger charge is 2.56. The third-order valence-corrected chi connectivity index (χ3v) is 11.0. The molecule has 2 saturated carbocycles. The van der Waals surface area contributed by atoms with Crippen molar-refractivity contribution in [1.29, 1.82) is 0 Å². The lowest BCUT2D eigenvalue weighted by molar-refractivity contribution is -0.114. The second kappa shape index (κ2) is 11.7. The van der Waals surface area contributed by atoms with E-state index in [1.165, 1.54) is 54.0 Å². The zero-order valence-electron chi connectivity index (χ0n) is 23.5. The monoisotopic (exact) mass is 531 g/mol. The number of nitrogens with zero attached hydrogens (tertiary/aromatic N) is 1. The van der Waals surface area contributed by atoms with Crippen molar-refractivity contribution in [3.05, 3.63) is 52.6 Å². The van der Waals surface area contributed by atoms with Gasteiger partial charge in [0.1, 0.15) is 0 Å². The molecule has 1 aromatic carbocycles. The van der Waals surface area contributed by atoms with Gasteiger partial charge in [0.25, 0.3) is 0 Å². The van der Waals surface area contributed by atoms with Crippen LogP contribution >= 0.6 is 11.9 Å². The number of carbonyl (C=O) groups is 1. The number of aliphatic hydroxyl groups excluding tert-OH is 1. The number of hydrogen-bond acceptors (Lipinski definition) is 4. The Kier molecular flexibility index (Phi) is 8.58. The summed E-state index contributed by atoms with van der Waals surface area (Å²) >= 11 is 1.91. The third kappa shape index (κ3) is 5.58. The van der Waals surface area contributed by atoms with E-state index in [0.717, 1.165) is 38.5 Å². The van der Waals surface area contributed by atoms with Crippen LogP contribution in [0, 0.1) is 35.5 Å². The van der Waals surface area contributed by atoms with Crippen LogP contribution in [0.15, 0.2) is 52.0 Å². The summed E-state index contributed by atoms with van der Waals surface area (Å²) in [4.78, 5) is 13.5. The molecule has 0 radical (unpaired) electrons. The normalized spacial score (nSPS) is 32.9. The third-order valence-electron chi connectivity index (χ3n) is 9.85. The van der Waals surface area contributed by atoms with E-state index < -0.39 is 0 Å². The van der Waals surface area contributed by atoms with Gasteiger partial charge in [0, 0.05) is 36.2 Å². The zero-order chi connectivity index (χ0) is 26.9. The minimum absolute atomic E-state index is 0.00627. The highest BCUT2D eigenvalue weighted by atomic mass is 32.2. The number of fused-ring (bicyclic) bond motifs is 4. The van der Waals surface area contributed by atoms with E-state index >= 15 is 0 Å². The second-order valence-corrected chi connectivity index (χ2v) is 13.8. The zero-order valence-corrected chi connectivity index (χ0v) is 24.4. The summed E-state index contributed by atoms with van der Waals surface area (Å²) in [5.74, 6) is 4.76. The molecule has 5 atom stereocenters. The van der Waals surface area contributed by atoms with E-state index in [1.807, 2.05) is 31.9 Å². The molecule has 0 aromatic heterocycles. The molecule has 38 heavy (non-hydrogen) atoms. The molecular weight excluding hydrogens is 486 g/mol. The second-order valence-electron chi connectivity index (χ2n) is 12.6. The number of carbonyl (C=O) groups excluding carboxylic acids is 1. The SMILES string of the molecule is C#CC(C)C.CC12CC(c3ccc(SN4CCCCC4)cc3)C3=C4CCC(=O)C=C4CCC3C1CCC2O. The van der Waals surface area contributed by atoms with Gasteiger partial charge in [-0.3, -0.25) is 4.79 Å². The number of aliphatic hydroxyl groups is 1. The van der Waals surface area contributed by atoms with Crippen molar-refractivity contribution in [3.63, 3.8) is 0 Å². The van der Waals surface area contributed by atoms with E-state index in [0.29, 0.717) is 35.9 Å². The fraction of sp³-hybridized carbons (Fsp3) is 0.618. The van der Waals surface area contributed by atoms with Crippen molar-refractivity contribution < 1.29 is 9.90 Å². The molecule has 1 aliphatic heterocycles. The summed E-state index contributed by atoms with van der Waals surface area (Å²) < 4.78 is 2.51. The molecule has 0 amide bonds. The van der Waals surface area contributed by atoms with Gasteiger partial charge in [-0.25, -0.2) is 4.31 Å². The summed E-state index contributed by atoms with van der Waals surface area (Å²) in [5, 5.41) is 11.1. The number of piperidine rings is 1. The summed E-state index contributed by atoms with van der Waals surface area (Å²) in [5.41, 5.74) is 5.87. The molecule has 0 bridgehead atoms. The first kappa shape index (κ1) is 27.8. The number of rotatable bonds is 3. The van der Waals surface area contributed by atoms with Crippen LogP contribution in [-0.2, 0) is 4.79 Å². The maximum Gasteiger partial charge on any atom is 0.156 e. The molecule has 5 aliphatic rings. The number of allylic oxidation sites excluding steroid dienone is 4. The number of terminal acetylenes is 1. The van der Waals surface area contributed by atoms with Gasteiger partial charge in [0.15, 0.2) is 5.78 Å². The predicted octanol–water partition coefficient (Wildman–Crippen LogP) is 7.72. The van der Waals surface area contributed by atoms with Crippen LogP contribution in [0.25, 0.3) is 0 Å². The first-order chi connectivity index (χ1) is 18.3. The fourth-order valence-corrected chi connectivity index (χ4v) is 8.79. The predicted molar refractivity (Wildman–Crippen MR) is 158 cm³/mol. The highest BCUT2D eigenvalue weighted by Crippen LogP contribution is 2.63. The molecule has 3 nitrogen and oxygen atoms in total. The van der Waals surface area contributed by atoms with Crippen molar-refractivity contribution in [2.45, 2.75) is 102 Å². The Bertz CT molecular complexity index is 1120. The van der Waals surface area contributed by atoms with E-state index in [4.69, 9.17) is 6.42 Å². The van der Waals surface area contributed by atoms with Gasteiger partial charge in [-0.15, -0.1) is 12.3 Å². The van der Waals surface area contributed by atoms with E-state index in [1.54, 1.807) is 5.57 Å². The van der Waals surface area contributed by atoms with E-state index in [9.17, 15) is 9.90 Å². The molecule has 3 fully saturated rings. The summed E-state index contributed by atoms with van der Waals surface area (Å²) in [6.07, 6.45) is 17.6. The average Bonchev–Trinajstić information content (AvgIpc) is 3.23. The number of benzene rings is 1. The van der Waals surface area contributed by atoms with Crippen LogP contribution in [0.3, 0.4) is 0 Å². The van der Waals surface area contributed by atoms with E-state index in [2.05, 4.69) is 41.4 Å². The van der Waals surface area contributed by atoms with Crippen molar-refractivity contribution >= 4 is 17.7 Å². The summed E-state index contributed by atoms with van der Waals surface area (Å²) in [6.45, 7) is 8.72. The molecule has 4 aliphatic carbocycles. The largest absolute Gasteiger partial charge is 0.393 e. The van der Waals surface area contributed by atoms with Crippen LogP contribution in [0.1, 0.15) is 96.5 Å². The van der Waals surface area contributed by atoms with Crippen LogP contribution in [0.4, 0.5) is 0 Å². The lowest BCUT2D eigenvalue weighted by Crippen LogP contribution is -2.45. The van der Waals surface area contributed by atoms with Crippen molar-refractivity contribution in [2.24, 2.45) is 23.2 Å². The first-order valence-corrected chi connectivity index (χ1v) is 15.7. The number of hydrogen-bond donors (Lipinski definition) is 1. The molecule has 1 N–H and O–H groups in total. The summed E-state index contributed by atoms with van der Waals surface area (Å²) in [6, 6.07) is 9.35. The number of ketones is 1. The van der Waals surface area contributed by atoms with Crippen molar-refractivity contribution in [2.75, 3.05) is 13.1 Å². The molecule has 1 heterocycles. The van der Waals surface area contributed by atoms with Gasteiger partial charge >= 0.3 is 0 Å². The Morgan fingerprint density at radius 1 is 1.05 bits per heavy atom. The lowest BCUT2D eigenvalue weighted by atomic mass is 9.53. The van der Waals surface area contributed by atoms with E-state index in [-0.39, 0.29) is 11.5 Å². The highest BCUT2D eigenvalue weighted by molar-refractivity contribution is 7.97. The lowest BCUT2D eigenvalue weighted by Gasteiger charge is -2.52. The maximum absolute atomic E-state index is 12.2. The fourth-order valence-electron chi connectivity index (χ4n) is 7.80. The van der Waals surface area contributed by atoms with Crippen LogP contribution < -0.4 is 0 Å². The van der Waals surface area contributed by atoms with Crippen LogP contribution in [-0.4, -0.2) is 34.4 Å². The Morgan fingerprint density at radius 2 is 1.76 bits per heavy atom. The van der Waals surface area contributed by atoms with Gasteiger partial charge in [-0.2, -0.15) is 0 Å². The Morgan fingerprint density at radius 3 is 2.45 bits per heavy atom.